The normalized spacial score (nSPS) is 17.6. The molecule has 310 valence electrons. The Morgan fingerprint density at radius 3 is 2.53 bits per heavy atom. The third-order valence-electron chi connectivity index (χ3n) is 12.5. The van der Waals surface area contributed by atoms with E-state index < -0.39 is 0 Å². The van der Waals surface area contributed by atoms with E-state index in [4.69, 9.17) is 21.1 Å². The number of nitrogens with zero attached hydrogens (tertiary/aromatic N) is 6. The number of aromatic nitrogens is 2. The van der Waals surface area contributed by atoms with E-state index in [2.05, 4.69) is 26.5 Å². The van der Waals surface area contributed by atoms with Crippen molar-refractivity contribution >= 4 is 58.4 Å². The van der Waals surface area contributed by atoms with Gasteiger partial charge in [0.05, 0.1) is 42.3 Å². The largest absolute Gasteiger partial charge is 0.508 e. The number of fused-ring (bicyclic) bond motifs is 4. The first-order chi connectivity index (χ1) is 28.8. The van der Waals surface area contributed by atoms with E-state index in [1.165, 1.54) is 0 Å². The molecule has 0 unspecified atom stereocenters. The van der Waals surface area contributed by atoms with Crippen LogP contribution in [-0.4, -0.2) is 94.8 Å². The third kappa shape index (κ3) is 7.27. The Morgan fingerprint density at radius 2 is 1.70 bits per heavy atom. The molecular formula is C47H48Cl2N6O5. The zero-order valence-electron chi connectivity index (χ0n) is 33.6. The standard InChI is InChI=1S/C47H47ClN6O5.ClH/c1-49-18-23-59-45-26-34(12-15-43(45)49)54(32-10-13-36(55)14-11-32)47(57)39-27-44(52-17-3-2-9-42(39)52)38-24-33-7-5-16-51(33)30-40(38)46(56)53-28-31-6-4-8-41(48)37(31)25-35(53)29-50-19-21-58-22-20-50;/h4-8,10-16,24,26-27,30,35,55H,2-3,9,17-23,25,28-29H2,1H3;1H/t35-;/m0./s1. The molecule has 3 aromatic heterocycles. The van der Waals surface area contributed by atoms with Gasteiger partial charge in [-0.3, -0.25) is 19.4 Å². The Labute approximate surface area is 360 Å². The van der Waals surface area contributed by atoms with Crippen LogP contribution in [0, 0.1) is 0 Å². The Kier molecular flexibility index (Phi) is 11.0. The fraction of sp³-hybridized carbons (Fsp3) is 0.319. The quantitative estimate of drug-likeness (QED) is 0.173. The summed E-state index contributed by atoms with van der Waals surface area (Å²) in [6, 6.07) is 26.6. The maximum atomic E-state index is 15.4. The number of pyridine rings is 1. The van der Waals surface area contributed by atoms with Crippen LogP contribution >= 0.6 is 24.0 Å². The summed E-state index contributed by atoms with van der Waals surface area (Å²) in [4.78, 5) is 39.0. The van der Waals surface area contributed by atoms with Gasteiger partial charge in [0.1, 0.15) is 18.1 Å². The van der Waals surface area contributed by atoms with Crippen molar-refractivity contribution in [2.75, 3.05) is 62.8 Å². The van der Waals surface area contributed by atoms with Crippen molar-refractivity contribution in [1.82, 2.24) is 18.8 Å². The van der Waals surface area contributed by atoms with Crippen molar-refractivity contribution in [3.63, 3.8) is 0 Å². The van der Waals surface area contributed by atoms with E-state index in [1.807, 2.05) is 77.3 Å². The van der Waals surface area contributed by atoms with Crippen LogP contribution in [0.4, 0.5) is 17.1 Å². The number of ether oxygens (including phenoxy) is 2. The van der Waals surface area contributed by atoms with E-state index in [9.17, 15) is 5.11 Å². The highest BCUT2D eigenvalue weighted by Gasteiger charge is 2.36. The number of likely N-dealkylation sites (N-methyl/N-ethyl adjacent to an activating group) is 1. The lowest BCUT2D eigenvalue weighted by atomic mass is 9.92. The number of carbonyl (C=O) groups excluding carboxylic acids is 2. The van der Waals surface area contributed by atoms with Gasteiger partial charge in [0.2, 0.25) is 0 Å². The predicted octanol–water partition coefficient (Wildman–Crippen LogP) is 8.23. The molecule has 4 aliphatic rings. The minimum atomic E-state index is -0.191. The molecule has 3 aromatic carbocycles. The van der Waals surface area contributed by atoms with Crippen molar-refractivity contribution in [2.24, 2.45) is 0 Å². The Morgan fingerprint density at radius 1 is 0.883 bits per heavy atom. The molecular weight excluding hydrogens is 799 g/mol. The van der Waals surface area contributed by atoms with Gasteiger partial charge in [0, 0.05) is 97.5 Å². The predicted molar refractivity (Wildman–Crippen MR) is 237 cm³/mol. The second kappa shape index (κ2) is 16.5. The highest BCUT2D eigenvalue weighted by Crippen LogP contribution is 2.41. The number of rotatable bonds is 7. The molecule has 1 saturated heterocycles. The van der Waals surface area contributed by atoms with Crippen LogP contribution in [0.3, 0.4) is 0 Å². The fourth-order valence-electron chi connectivity index (χ4n) is 9.42. The number of halogens is 2. The van der Waals surface area contributed by atoms with E-state index in [1.54, 1.807) is 29.2 Å². The molecule has 11 nitrogen and oxygen atoms in total. The van der Waals surface area contributed by atoms with Crippen molar-refractivity contribution in [3.8, 4) is 22.8 Å². The highest BCUT2D eigenvalue weighted by atomic mass is 35.5. The lowest BCUT2D eigenvalue weighted by Gasteiger charge is -2.41. The molecule has 1 atom stereocenters. The molecule has 6 aromatic rings. The summed E-state index contributed by atoms with van der Waals surface area (Å²) in [5, 5.41) is 11.0. The Hall–Kier alpha value is -5.46. The number of hydrogen-bond acceptors (Lipinski definition) is 7. The van der Waals surface area contributed by atoms with E-state index in [-0.39, 0.29) is 36.0 Å². The lowest BCUT2D eigenvalue weighted by Crippen LogP contribution is -2.52. The van der Waals surface area contributed by atoms with Crippen LogP contribution < -0.4 is 14.5 Å². The molecule has 2 amide bonds. The maximum absolute atomic E-state index is 15.4. The fourth-order valence-corrected chi connectivity index (χ4v) is 9.69. The minimum Gasteiger partial charge on any atom is -0.508 e. The van der Waals surface area contributed by atoms with Gasteiger partial charge in [0.25, 0.3) is 11.8 Å². The number of amides is 2. The molecule has 0 spiro atoms. The van der Waals surface area contributed by atoms with Gasteiger partial charge in [-0.2, -0.15) is 0 Å². The van der Waals surface area contributed by atoms with E-state index in [0.717, 1.165) is 96.3 Å². The number of benzene rings is 3. The second-order valence-corrected chi connectivity index (χ2v) is 16.5. The van der Waals surface area contributed by atoms with Crippen molar-refractivity contribution in [1.29, 1.82) is 0 Å². The van der Waals surface area contributed by atoms with Crippen LogP contribution in [0.25, 0.3) is 16.8 Å². The molecule has 1 fully saturated rings. The summed E-state index contributed by atoms with van der Waals surface area (Å²) in [6.07, 6.45) is 7.24. The first-order valence-electron chi connectivity index (χ1n) is 20.6. The zero-order chi connectivity index (χ0) is 40.2. The first-order valence-corrected chi connectivity index (χ1v) is 21.0. The van der Waals surface area contributed by atoms with E-state index >= 15 is 9.59 Å². The summed E-state index contributed by atoms with van der Waals surface area (Å²) in [7, 11) is 2.04. The number of hydrogen-bond donors (Lipinski definition) is 1. The summed E-state index contributed by atoms with van der Waals surface area (Å²) in [5.41, 5.74) is 9.15. The molecule has 13 heteroatoms. The van der Waals surface area contributed by atoms with E-state index in [0.29, 0.717) is 61.0 Å². The van der Waals surface area contributed by atoms with Crippen LogP contribution in [0.15, 0.2) is 97.3 Å². The second-order valence-electron chi connectivity index (χ2n) is 16.1. The number of morpholine rings is 1. The van der Waals surface area contributed by atoms with Gasteiger partial charge in [-0.05, 0) is 104 Å². The zero-order valence-corrected chi connectivity index (χ0v) is 35.1. The molecule has 10 rings (SSSR count). The third-order valence-corrected chi connectivity index (χ3v) is 12.9. The van der Waals surface area contributed by atoms with Gasteiger partial charge in [-0.1, -0.05) is 23.7 Å². The van der Waals surface area contributed by atoms with Gasteiger partial charge >= 0.3 is 0 Å². The molecule has 0 radical (unpaired) electrons. The Balaban J connectivity index is 0.00000462. The number of carbonyl (C=O) groups is 2. The SMILES string of the molecule is CN1CCOc2cc(N(C(=O)c3cc(-c4cc5cccn5cc4C(=O)N4Cc5cccc(Cl)c5C[C@H]4CN4CCOCC4)n4c3CCCC4)c3ccc(O)cc3)ccc21.Cl. The number of phenols is 1. The summed E-state index contributed by atoms with van der Waals surface area (Å²) in [6.45, 7) is 6.21. The molecule has 7 heterocycles. The Bertz CT molecular complexity index is 2580. The van der Waals surface area contributed by atoms with Gasteiger partial charge in [-0.25, -0.2) is 0 Å². The average Bonchev–Trinajstić information content (AvgIpc) is 3.89. The molecule has 0 aliphatic carbocycles. The lowest BCUT2D eigenvalue weighted by molar-refractivity contribution is 0.0193. The minimum absolute atomic E-state index is 0. The van der Waals surface area contributed by atoms with Crippen LogP contribution in [0.5, 0.6) is 11.5 Å². The molecule has 0 bridgehead atoms. The first kappa shape index (κ1) is 40.0. The average molecular weight is 848 g/mol. The number of anilines is 3. The monoisotopic (exact) mass is 846 g/mol. The molecule has 4 aliphatic heterocycles. The molecule has 1 N–H and O–H groups in total. The topological polar surface area (TPSA) is 95.1 Å². The summed E-state index contributed by atoms with van der Waals surface area (Å²) < 4.78 is 16.0. The van der Waals surface area contributed by atoms with Crippen molar-refractivity contribution in [2.45, 2.75) is 44.8 Å². The van der Waals surface area contributed by atoms with Crippen LogP contribution in [-0.2, 0) is 30.7 Å². The van der Waals surface area contributed by atoms with Gasteiger partial charge in [-0.15, -0.1) is 12.4 Å². The smallest absolute Gasteiger partial charge is 0.264 e. The summed E-state index contributed by atoms with van der Waals surface area (Å²) in [5.74, 6) is 0.586. The van der Waals surface area contributed by atoms with Gasteiger partial charge < -0.3 is 33.3 Å². The van der Waals surface area contributed by atoms with Crippen molar-refractivity contribution in [3.05, 3.63) is 130 Å². The maximum Gasteiger partial charge on any atom is 0.264 e. The summed E-state index contributed by atoms with van der Waals surface area (Å²) >= 11 is 6.80. The molecule has 0 saturated carbocycles. The van der Waals surface area contributed by atoms with Crippen LogP contribution in [0.2, 0.25) is 5.02 Å². The van der Waals surface area contributed by atoms with Crippen molar-refractivity contribution < 1.29 is 24.2 Å². The van der Waals surface area contributed by atoms with Crippen LogP contribution in [0.1, 0.15) is 50.4 Å². The molecule has 60 heavy (non-hydrogen) atoms. The number of phenolic OH excluding ortho intramolecular Hbond substituents is 1. The highest BCUT2D eigenvalue weighted by molar-refractivity contribution is 6.31. The van der Waals surface area contributed by atoms with Gasteiger partial charge in [0.15, 0.2) is 0 Å². The number of aromatic hydroxyl groups is 1.